The van der Waals surface area contributed by atoms with E-state index in [2.05, 4.69) is 55.2 Å². The van der Waals surface area contributed by atoms with Crippen molar-refractivity contribution in [2.24, 2.45) is 5.92 Å². The number of hydrogen-bond donors (Lipinski definition) is 1. The molecule has 1 aromatic heterocycles. The monoisotopic (exact) mass is 289 g/mol. The first-order valence-electron chi connectivity index (χ1n) is 7.59. The first-order chi connectivity index (χ1) is 9.78. The van der Waals surface area contributed by atoms with Crippen LogP contribution in [0.25, 0.3) is 11.0 Å². The summed E-state index contributed by atoms with van der Waals surface area (Å²) in [6.45, 7) is 5.41. The zero-order chi connectivity index (χ0) is 13.9. The highest BCUT2D eigenvalue weighted by Gasteiger charge is 2.28. The molecule has 3 heteroatoms. The Kier molecular flexibility index (Phi) is 4.37. The lowest BCUT2D eigenvalue weighted by Crippen LogP contribution is -2.28. The molecule has 2 atom stereocenters. The highest BCUT2D eigenvalue weighted by Crippen LogP contribution is 2.36. The van der Waals surface area contributed by atoms with Crippen molar-refractivity contribution in [3.8, 4) is 0 Å². The van der Waals surface area contributed by atoms with Gasteiger partial charge >= 0.3 is 0 Å². The minimum Gasteiger partial charge on any atom is -0.459 e. The third-order valence-corrected chi connectivity index (χ3v) is 5.24. The van der Waals surface area contributed by atoms with Crippen molar-refractivity contribution >= 4 is 22.7 Å². The maximum atomic E-state index is 6.12. The van der Waals surface area contributed by atoms with Crippen LogP contribution in [0.1, 0.15) is 37.1 Å². The fourth-order valence-electron chi connectivity index (χ4n) is 2.95. The van der Waals surface area contributed by atoms with E-state index >= 15 is 0 Å². The second-order valence-electron chi connectivity index (χ2n) is 5.75. The molecule has 2 nitrogen and oxygen atoms in total. The standard InChI is InChI=1S/C17H23NOS/c1-3-7-18-17(13-6-8-20-11-13)16-10-14-9-12(2)4-5-15(14)19-16/h4-5,9-10,13,17-18H,3,6-8,11H2,1-2H3. The summed E-state index contributed by atoms with van der Waals surface area (Å²) >= 11 is 2.07. The Balaban J connectivity index is 1.90. The van der Waals surface area contributed by atoms with Crippen molar-refractivity contribution in [2.45, 2.75) is 32.7 Å². The molecule has 2 aromatic rings. The van der Waals surface area contributed by atoms with Gasteiger partial charge in [-0.25, -0.2) is 0 Å². The van der Waals surface area contributed by atoms with Gasteiger partial charge in [0.25, 0.3) is 0 Å². The maximum Gasteiger partial charge on any atom is 0.134 e. The number of furan rings is 1. The number of hydrogen-bond acceptors (Lipinski definition) is 3. The molecule has 1 fully saturated rings. The molecule has 108 valence electrons. The Morgan fingerprint density at radius 2 is 2.30 bits per heavy atom. The van der Waals surface area contributed by atoms with Crippen LogP contribution in [0, 0.1) is 12.8 Å². The van der Waals surface area contributed by atoms with E-state index in [1.165, 1.54) is 28.9 Å². The number of aryl methyl sites for hydroxylation is 1. The van der Waals surface area contributed by atoms with Crippen LogP contribution in [0.2, 0.25) is 0 Å². The van der Waals surface area contributed by atoms with E-state index in [-0.39, 0.29) is 0 Å². The van der Waals surface area contributed by atoms with Crippen molar-refractivity contribution in [3.63, 3.8) is 0 Å². The molecular formula is C17H23NOS. The zero-order valence-corrected chi connectivity index (χ0v) is 13.1. The maximum absolute atomic E-state index is 6.12. The van der Waals surface area contributed by atoms with E-state index < -0.39 is 0 Å². The van der Waals surface area contributed by atoms with E-state index in [4.69, 9.17) is 4.42 Å². The summed E-state index contributed by atoms with van der Waals surface area (Å²) in [7, 11) is 0. The average Bonchev–Trinajstić information content (AvgIpc) is 3.08. The summed E-state index contributed by atoms with van der Waals surface area (Å²) < 4.78 is 6.12. The van der Waals surface area contributed by atoms with E-state index in [1.54, 1.807) is 0 Å². The smallest absolute Gasteiger partial charge is 0.134 e. The summed E-state index contributed by atoms with van der Waals surface area (Å²) in [4.78, 5) is 0. The van der Waals surface area contributed by atoms with Crippen LogP contribution in [-0.4, -0.2) is 18.1 Å². The molecule has 0 aliphatic carbocycles. The first-order valence-corrected chi connectivity index (χ1v) is 8.74. The fraction of sp³-hybridized carbons (Fsp3) is 0.529. The molecular weight excluding hydrogens is 266 g/mol. The highest BCUT2D eigenvalue weighted by molar-refractivity contribution is 7.99. The summed E-state index contributed by atoms with van der Waals surface area (Å²) in [5.41, 5.74) is 2.30. The number of benzene rings is 1. The van der Waals surface area contributed by atoms with Crippen LogP contribution in [0.5, 0.6) is 0 Å². The van der Waals surface area contributed by atoms with E-state index in [0.717, 1.165) is 24.3 Å². The van der Waals surface area contributed by atoms with E-state index in [9.17, 15) is 0 Å². The van der Waals surface area contributed by atoms with Gasteiger partial charge in [-0.05, 0) is 61.9 Å². The number of rotatable bonds is 5. The molecule has 3 rings (SSSR count). The fourth-order valence-corrected chi connectivity index (χ4v) is 4.25. The summed E-state index contributed by atoms with van der Waals surface area (Å²) in [6, 6.07) is 9.03. The van der Waals surface area contributed by atoms with Crippen LogP contribution in [0.3, 0.4) is 0 Å². The molecule has 20 heavy (non-hydrogen) atoms. The molecule has 1 aromatic carbocycles. The van der Waals surface area contributed by atoms with Gasteiger partial charge in [0.05, 0.1) is 6.04 Å². The van der Waals surface area contributed by atoms with Crippen molar-refractivity contribution in [3.05, 3.63) is 35.6 Å². The topological polar surface area (TPSA) is 25.2 Å². The number of fused-ring (bicyclic) bond motifs is 1. The lowest BCUT2D eigenvalue weighted by molar-refractivity contribution is 0.338. The molecule has 0 bridgehead atoms. The molecule has 2 unspecified atom stereocenters. The predicted molar refractivity (Wildman–Crippen MR) is 87.4 cm³/mol. The third-order valence-electron chi connectivity index (χ3n) is 4.05. The average molecular weight is 289 g/mol. The first kappa shape index (κ1) is 14.0. The van der Waals surface area contributed by atoms with Gasteiger partial charge in [-0.2, -0.15) is 11.8 Å². The number of nitrogens with one attached hydrogen (secondary N) is 1. The van der Waals surface area contributed by atoms with E-state index in [1.807, 2.05) is 0 Å². The minimum absolute atomic E-state index is 0.373. The van der Waals surface area contributed by atoms with Crippen LogP contribution < -0.4 is 5.32 Å². The molecule has 0 amide bonds. The molecule has 1 aliphatic heterocycles. The third kappa shape index (κ3) is 2.89. The molecule has 2 heterocycles. The zero-order valence-electron chi connectivity index (χ0n) is 12.3. The highest BCUT2D eigenvalue weighted by atomic mass is 32.2. The van der Waals surface area contributed by atoms with Gasteiger partial charge < -0.3 is 9.73 Å². The van der Waals surface area contributed by atoms with Crippen molar-refractivity contribution in [2.75, 3.05) is 18.1 Å². The van der Waals surface area contributed by atoms with Crippen molar-refractivity contribution in [1.82, 2.24) is 5.32 Å². The van der Waals surface area contributed by atoms with Gasteiger partial charge in [-0.1, -0.05) is 18.6 Å². The quantitative estimate of drug-likeness (QED) is 0.875. The largest absolute Gasteiger partial charge is 0.459 e. The Hall–Kier alpha value is -0.930. The predicted octanol–water partition coefficient (Wildman–Crippen LogP) is 4.54. The van der Waals surface area contributed by atoms with Crippen LogP contribution in [-0.2, 0) is 0 Å². The van der Waals surface area contributed by atoms with Crippen molar-refractivity contribution in [1.29, 1.82) is 0 Å². The van der Waals surface area contributed by atoms with Gasteiger partial charge in [0.2, 0.25) is 0 Å². The lowest BCUT2D eigenvalue weighted by atomic mass is 9.96. The summed E-state index contributed by atoms with van der Waals surface area (Å²) in [6.07, 6.45) is 2.46. The lowest BCUT2D eigenvalue weighted by Gasteiger charge is -2.22. The Morgan fingerprint density at radius 3 is 3.05 bits per heavy atom. The second-order valence-corrected chi connectivity index (χ2v) is 6.90. The van der Waals surface area contributed by atoms with Gasteiger partial charge in [0.15, 0.2) is 0 Å². The molecule has 0 radical (unpaired) electrons. The number of thioether (sulfide) groups is 1. The van der Waals surface area contributed by atoms with Gasteiger partial charge in [0.1, 0.15) is 11.3 Å². The second kappa shape index (κ2) is 6.23. The van der Waals surface area contributed by atoms with E-state index in [0.29, 0.717) is 12.0 Å². The normalized spacial score (nSPS) is 20.6. The van der Waals surface area contributed by atoms with Gasteiger partial charge in [-0.3, -0.25) is 0 Å². The molecule has 1 N–H and O–H groups in total. The summed E-state index contributed by atoms with van der Waals surface area (Å²) in [5.74, 6) is 4.35. The Morgan fingerprint density at radius 1 is 1.40 bits per heavy atom. The Labute approximate surface area is 125 Å². The van der Waals surface area contributed by atoms with Gasteiger partial charge in [0, 0.05) is 5.39 Å². The molecule has 0 spiro atoms. The molecule has 0 saturated carbocycles. The van der Waals surface area contributed by atoms with Gasteiger partial charge in [-0.15, -0.1) is 0 Å². The Bertz CT molecular complexity index is 571. The summed E-state index contributed by atoms with van der Waals surface area (Å²) in [5, 5.41) is 4.93. The SMILES string of the molecule is CCCNC(c1cc2cc(C)ccc2o1)C1CCSC1. The van der Waals surface area contributed by atoms with Crippen LogP contribution in [0.15, 0.2) is 28.7 Å². The van der Waals surface area contributed by atoms with Crippen LogP contribution in [0.4, 0.5) is 0 Å². The molecule has 1 saturated heterocycles. The minimum atomic E-state index is 0.373. The van der Waals surface area contributed by atoms with Crippen LogP contribution >= 0.6 is 11.8 Å². The van der Waals surface area contributed by atoms with Crippen molar-refractivity contribution < 1.29 is 4.42 Å². The molecule has 1 aliphatic rings.